The van der Waals surface area contributed by atoms with Crippen LogP contribution >= 0.6 is 0 Å². The molecule has 8 nitrogen and oxygen atoms in total. The van der Waals surface area contributed by atoms with Gasteiger partial charge in [0.15, 0.2) is 4.90 Å². The number of rotatable bonds is 9. The number of carbonyl (C=O) groups excluding carboxylic acids is 1. The van der Waals surface area contributed by atoms with Crippen LogP contribution in [0.15, 0.2) is 72.1 Å². The van der Waals surface area contributed by atoms with Crippen LogP contribution in [0.25, 0.3) is 0 Å². The summed E-state index contributed by atoms with van der Waals surface area (Å²) in [6.45, 7) is 3.33. The zero-order chi connectivity index (χ0) is 20.7. The van der Waals surface area contributed by atoms with E-state index in [0.29, 0.717) is 5.56 Å². The zero-order valence-electron chi connectivity index (χ0n) is 15.2. The lowest BCUT2D eigenvalue weighted by Gasteiger charge is -2.28. The minimum atomic E-state index is -4.39. The SMILES string of the molecule is C=CCN([C@@H](Cc1ccccc1)C(=O)OC)S(=O)(=O)c1ccccc1[N+](=O)[O-]. The lowest BCUT2D eigenvalue weighted by molar-refractivity contribution is -0.387. The minimum absolute atomic E-state index is 0.0429. The van der Waals surface area contributed by atoms with Gasteiger partial charge in [-0.3, -0.25) is 14.9 Å². The molecule has 2 aromatic rings. The summed E-state index contributed by atoms with van der Waals surface area (Å²) < 4.78 is 32.2. The molecule has 148 valence electrons. The summed E-state index contributed by atoms with van der Waals surface area (Å²) in [4.78, 5) is 22.5. The molecule has 0 saturated heterocycles. The standard InChI is InChI=1S/C19H20N2O6S/c1-3-13-20(17(19(22)27-2)14-15-9-5-4-6-10-15)28(25,26)18-12-8-7-11-16(18)21(23)24/h3-12,17H,1,13-14H2,2H3/t17-/m0/s1. The number of esters is 1. The number of hydrogen-bond acceptors (Lipinski definition) is 6. The lowest BCUT2D eigenvalue weighted by atomic mass is 10.1. The molecule has 2 rings (SSSR count). The van der Waals surface area contributed by atoms with E-state index < -0.39 is 37.5 Å². The Morgan fingerprint density at radius 3 is 2.39 bits per heavy atom. The second kappa shape index (κ2) is 9.25. The predicted octanol–water partition coefficient (Wildman–Crippen LogP) is 2.56. The van der Waals surface area contributed by atoms with Crippen molar-refractivity contribution in [3.63, 3.8) is 0 Å². The number of nitrogens with zero attached hydrogens (tertiary/aromatic N) is 2. The largest absolute Gasteiger partial charge is 0.468 e. The Morgan fingerprint density at radius 2 is 1.82 bits per heavy atom. The number of nitro groups is 1. The van der Waals surface area contributed by atoms with E-state index in [9.17, 15) is 23.3 Å². The monoisotopic (exact) mass is 404 g/mol. The first kappa shape index (κ1) is 21.3. The summed E-state index contributed by atoms with van der Waals surface area (Å²) in [5.74, 6) is -0.770. The van der Waals surface area contributed by atoms with Crippen molar-refractivity contribution in [1.82, 2.24) is 4.31 Å². The molecule has 9 heteroatoms. The average Bonchev–Trinajstić information content (AvgIpc) is 2.70. The van der Waals surface area contributed by atoms with Crippen LogP contribution in [0, 0.1) is 10.1 Å². The molecule has 0 aliphatic rings. The van der Waals surface area contributed by atoms with Crippen molar-refractivity contribution < 1.29 is 22.9 Å². The first-order valence-corrected chi connectivity index (χ1v) is 9.74. The number of hydrogen-bond donors (Lipinski definition) is 0. The summed E-state index contributed by atoms with van der Waals surface area (Å²) in [5.41, 5.74) is 0.143. The van der Waals surface area contributed by atoms with Crippen molar-refractivity contribution >= 4 is 21.7 Å². The van der Waals surface area contributed by atoms with Gasteiger partial charge in [-0.2, -0.15) is 4.31 Å². The highest BCUT2D eigenvalue weighted by molar-refractivity contribution is 7.89. The van der Waals surface area contributed by atoms with Gasteiger partial charge in [0.1, 0.15) is 6.04 Å². The molecule has 1 atom stereocenters. The van der Waals surface area contributed by atoms with Crippen LogP contribution < -0.4 is 0 Å². The fourth-order valence-electron chi connectivity index (χ4n) is 2.75. The number of para-hydroxylation sites is 1. The van der Waals surface area contributed by atoms with Crippen molar-refractivity contribution in [1.29, 1.82) is 0 Å². The van der Waals surface area contributed by atoms with Gasteiger partial charge in [0, 0.05) is 12.6 Å². The smallest absolute Gasteiger partial charge is 0.324 e. The molecule has 0 fully saturated rings. The molecule has 0 aliphatic heterocycles. The van der Waals surface area contributed by atoms with Crippen LogP contribution in [-0.2, 0) is 26.0 Å². The van der Waals surface area contributed by atoms with Gasteiger partial charge in [-0.15, -0.1) is 6.58 Å². The number of carbonyl (C=O) groups is 1. The van der Waals surface area contributed by atoms with Crippen LogP contribution in [0.5, 0.6) is 0 Å². The van der Waals surface area contributed by atoms with Gasteiger partial charge < -0.3 is 4.74 Å². The highest BCUT2D eigenvalue weighted by Crippen LogP contribution is 2.28. The van der Waals surface area contributed by atoms with Crippen molar-refractivity contribution in [3.05, 3.63) is 82.9 Å². The van der Waals surface area contributed by atoms with Gasteiger partial charge in [0.2, 0.25) is 0 Å². The number of methoxy groups -OCH3 is 1. The van der Waals surface area contributed by atoms with Gasteiger partial charge in [-0.05, 0) is 18.1 Å². The van der Waals surface area contributed by atoms with Gasteiger partial charge in [0.05, 0.1) is 12.0 Å². The predicted molar refractivity (Wildman–Crippen MR) is 103 cm³/mol. The number of benzene rings is 2. The molecule has 0 amide bonds. The van der Waals surface area contributed by atoms with Gasteiger partial charge in [-0.25, -0.2) is 8.42 Å². The van der Waals surface area contributed by atoms with Gasteiger partial charge >= 0.3 is 5.97 Å². The van der Waals surface area contributed by atoms with Crippen molar-refractivity contribution in [2.45, 2.75) is 17.4 Å². The number of ether oxygens (including phenoxy) is 1. The summed E-state index contributed by atoms with van der Waals surface area (Å²) >= 11 is 0. The van der Waals surface area contributed by atoms with E-state index in [1.165, 1.54) is 18.2 Å². The molecule has 0 spiro atoms. The van der Waals surface area contributed by atoms with Crippen LogP contribution in [0.4, 0.5) is 5.69 Å². The third kappa shape index (κ3) is 4.62. The Kier molecular flexibility index (Phi) is 7.02. The molecule has 28 heavy (non-hydrogen) atoms. The minimum Gasteiger partial charge on any atom is -0.468 e. The molecule has 0 aromatic heterocycles. The van der Waals surface area contributed by atoms with E-state index >= 15 is 0 Å². The quantitative estimate of drug-likeness (QED) is 0.275. The highest BCUT2D eigenvalue weighted by Gasteiger charge is 2.39. The molecule has 0 bridgehead atoms. The van der Waals surface area contributed by atoms with E-state index in [0.717, 1.165) is 23.5 Å². The highest BCUT2D eigenvalue weighted by atomic mass is 32.2. The molecule has 0 radical (unpaired) electrons. The van der Waals surface area contributed by atoms with Crippen LogP contribution in [-0.4, -0.2) is 43.3 Å². The maximum Gasteiger partial charge on any atom is 0.324 e. The maximum absolute atomic E-state index is 13.3. The van der Waals surface area contributed by atoms with E-state index in [1.54, 1.807) is 30.3 Å². The fraction of sp³-hybridized carbons (Fsp3) is 0.211. The molecule has 0 N–H and O–H groups in total. The number of sulfonamides is 1. The fourth-order valence-corrected chi connectivity index (χ4v) is 4.46. The van der Waals surface area contributed by atoms with Crippen molar-refractivity contribution in [3.8, 4) is 0 Å². The second-order valence-electron chi connectivity index (χ2n) is 5.82. The number of nitro benzene ring substituents is 1. The Labute approximate surface area is 163 Å². The topological polar surface area (TPSA) is 107 Å². The van der Waals surface area contributed by atoms with Gasteiger partial charge in [0.25, 0.3) is 15.7 Å². The summed E-state index contributed by atoms with van der Waals surface area (Å²) in [6, 6.07) is 12.6. The molecule has 0 heterocycles. The van der Waals surface area contributed by atoms with Crippen molar-refractivity contribution in [2.75, 3.05) is 13.7 Å². The van der Waals surface area contributed by atoms with E-state index in [4.69, 9.17) is 4.74 Å². The maximum atomic E-state index is 13.3. The Balaban J connectivity index is 2.57. The average molecular weight is 404 g/mol. The molecule has 0 saturated carbocycles. The summed E-state index contributed by atoms with van der Waals surface area (Å²) in [6.07, 6.45) is 1.36. The Hall–Kier alpha value is -3.04. The first-order valence-electron chi connectivity index (χ1n) is 8.30. The van der Waals surface area contributed by atoms with E-state index in [2.05, 4.69) is 6.58 Å². The Bertz CT molecular complexity index is 959. The Morgan fingerprint density at radius 1 is 1.21 bits per heavy atom. The summed E-state index contributed by atoms with van der Waals surface area (Å²) in [5, 5.41) is 11.3. The lowest BCUT2D eigenvalue weighted by Crippen LogP contribution is -2.47. The van der Waals surface area contributed by atoms with Crippen LogP contribution in [0.3, 0.4) is 0 Å². The molecule has 0 aliphatic carbocycles. The summed E-state index contributed by atoms with van der Waals surface area (Å²) in [7, 11) is -3.24. The molecule has 0 unspecified atom stereocenters. The second-order valence-corrected chi connectivity index (χ2v) is 7.68. The van der Waals surface area contributed by atoms with Crippen LogP contribution in [0.2, 0.25) is 0 Å². The van der Waals surface area contributed by atoms with Crippen molar-refractivity contribution in [2.24, 2.45) is 0 Å². The van der Waals surface area contributed by atoms with Gasteiger partial charge in [-0.1, -0.05) is 48.5 Å². The molecular formula is C19H20N2O6S. The third-order valence-corrected chi connectivity index (χ3v) is 5.97. The normalized spacial score (nSPS) is 12.4. The first-order chi connectivity index (χ1) is 13.3. The molecular weight excluding hydrogens is 384 g/mol. The third-order valence-electron chi connectivity index (χ3n) is 4.05. The zero-order valence-corrected chi connectivity index (χ0v) is 16.0. The van der Waals surface area contributed by atoms with E-state index in [-0.39, 0.29) is 13.0 Å². The van der Waals surface area contributed by atoms with E-state index in [1.807, 2.05) is 0 Å². The molecule has 2 aromatic carbocycles. The van der Waals surface area contributed by atoms with Crippen LogP contribution in [0.1, 0.15) is 5.56 Å².